The van der Waals surface area contributed by atoms with Crippen molar-refractivity contribution in [3.05, 3.63) is 60.7 Å². The summed E-state index contributed by atoms with van der Waals surface area (Å²) in [6.07, 6.45) is 11.1. The van der Waals surface area contributed by atoms with Crippen molar-refractivity contribution in [2.24, 2.45) is 0 Å². The third-order valence-corrected chi connectivity index (χ3v) is 5.82. The van der Waals surface area contributed by atoms with Gasteiger partial charge in [0.15, 0.2) is 0 Å². The molecule has 0 radical (unpaired) electrons. The molecule has 0 saturated carbocycles. The molecule has 1 aromatic rings. The third kappa shape index (κ3) is 4.68. The second-order valence-corrected chi connectivity index (χ2v) is 7.87. The topological polar surface area (TPSA) is 49.4 Å². The van der Waals surface area contributed by atoms with Crippen LogP contribution in [0, 0.1) is 0 Å². The van der Waals surface area contributed by atoms with Gasteiger partial charge in [-0.1, -0.05) is 48.6 Å². The van der Waals surface area contributed by atoms with Gasteiger partial charge in [-0.15, -0.1) is 6.58 Å². The van der Waals surface area contributed by atoms with Gasteiger partial charge in [0.2, 0.25) is 11.8 Å². The van der Waals surface area contributed by atoms with Gasteiger partial charge >= 0.3 is 0 Å². The fourth-order valence-corrected chi connectivity index (χ4v) is 4.45. The van der Waals surface area contributed by atoms with Crippen LogP contribution < -0.4 is 5.32 Å². The first-order valence-corrected chi connectivity index (χ1v) is 9.97. The maximum atomic E-state index is 13.1. The summed E-state index contributed by atoms with van der Waals surface area (Å²) in [6, 6.07) is 10.5. The standard InChI is InChI=1S/C23H30N2O2/c1-3-8-20-12-7-9-18(2)25(20)22(27)14-16-23(15-13-21(26)24-23)17-19-10-5-4-6-11-19/h3-7,9-11,18,20H,1,8,12-17H2,2H3,(H,24,26)/t18-,20-,23?/m1/s1. The van der Waals surface area contributed by atoms with E-state index in [9.17, 15) is 9.59 Å². The Bertz CT molecular complexity index is 712. The van der Waals surface area contributed by atoms with Crippen LogP contribution >= 0.6 is 0 Å². The maximum Gasteiger partial charge on any atom is 0.223 e. The van der Waals surface area contributed by atoms with Crippen molar-refractivity contribution in [1.29, 1.82) is 0 Å². The Labute approximate surface area is 162 Å². The van der Waals surface area contributed by atoms with Gasteiger partial charge in [-0.2, -0.15) is 0 Å². The summed E-state index contributed by atoms with van der Waals surface area (Å²) in [5.41, 5.74) is 0.891. The SMILES string of the molecule is C=CC[C@@H]1CC=C[C@@H](C)N1C(=O)CCC1(Cc2ccccc2)CCC(=O)N1. The van der Waals surface area contributed by atoms with Gasteiger partial charge in [0.25, 0.3) is 0 Å². The fourth-order valence-electron chi connectivity index (χ4n) is 4.45. The molecular formula is C23H30N2O2. The molecular weight excluding hydrogens is 336 g/mol. The van der Waals surface area contributed by atoms with E-state index in [1.165, 1.54) is 5.56 Å². The summed E-state index contributed by atoms with van der Waals surface area (Å²) in [6.45, 7) is 5.91. The molecule has 4 nitrogen and oxygen atoms in total. The minimum absolute atomic E-state index is 0.0946. The Kier molecular flexibility index (Phi) is 6.15. The van der Waals surface area contributed by atoms with Crippen LogP contribution in [0.1, 0.15) is 51.0 Å². The molecule has 3 atom stereocenters. The van der Waals surface area contributed by atoms with E-state index in [0.717, 1.165) is 25.7 Å². The largest absolute Gasteiger partial charge is 0.350 e. The minimum atomic E-state index is -0.309. The predicted octanol–water partition coefficient (Wildman–Crippen LogP) is 3.78. The first-order chi connectivity index (χ1) is 13.0. The third-order valence-electron chi connectivity index (χ3n) is 5.82. The van der Waals surface area contributed by atoms with Crippen LogP contribution in [0.5, 0.6) is 0 Å². The number of benzene rings is 1. The predicted molar refractivity (Wildman–Crippen MR) is 108 cm³/mol. The van der Waals surface area contributed by atoms with Crippen molar-refractivity contribution >= 4 is 11.8 Å². The van der Waals surface area contributed by atoms with E-state index in [0.29, 0.717) is 19.3 Å². The molecule has 3 rings (SSSR count). The average molecular weight is 367 g/mol. The number of carbonyl (C=O) groups excluding carboxylic acids is 2. The van der Waals surface area contributed by atoms with E-state index in [1.54, 1.807) is 0 Å². The number of carbonyl (C=O) groups is 2. The molecule has 2 amide bonds. The summed E-state index contributed by atoms with van der Waals surface area (Å²) in [5.74, 6) is 0.268. The summed E-state index contributed by atoms with van der Waals surface area (Å²) >= 11 is 0. The Balaban J connectivity index is 1.69. The van der Waals surface area contributed by atoms with Crippen molar-refractivity contribution in [3.63, 3.8) is 0 Å². The molecule has 1 saturated heterocycles. The van der Waals surface area contributed by atoms with E-state index < -0.39 is 0 Å². The molecule has 0 aliphatic carbocycles. The molecule has 0 bridgehead atoms. The van der Waals surface area contributed by atoms with Gasteiger partial charge in [-0.05, 0) is 44.6 Å². The van der Waals surface area contributed by atoms with Gasteiger partial charge in [0.05, 0.1) is 0 Å². The molecule has 2 heterocycles. The number of hydrogen-bond acceptors (Lipinski definition) is 2. The molecule has 1 unspecified atom stereocenters. The Morgan fingerprint density at radius 1 is 1.37 bits per heavy atom. The second-order valence-electron chi connectivity index (χ2n) is 7.87. The molecule has 2 aliphatic heterocycles. The second kappa shape index (κ2) is 8.55. The van der Waals surface area contributed by atoms with Crippen molar-refractivity contribution in [3.8, 4) is 0 Å². The lowest BCUT2D eigenvalue weighted by Crippen LogP contribution is -2.49. The highest BCUT2D eigenvalue weighted by Crippen LogP contribution is 2.31. The molecule has 0 spiro atoms. The first-order valence-electron chi connectivity index (χ1n) is 9.97. The Morgan fingerprint density at radius 2 is 2.15 bits per heavy atom. The summed E-state index contributed by atoms with van der Waals surface area (Å²) < 4.78 is 0. The lowest BCUT2D eigenvalue weighted by Gasteiger charge is -2.38. The number of nitrogens with zero attached hydrogens (tertiary/aromatic N) is 1. The lowest BCUT2D eigenvalue weighted by molar-refractivity contribution is -0.135. The summed E-state index contributed by atoms with van der Waals surface area (Å²) in [7, 11) is 0. The normalized spacial score (nSPS) is 27.4. The molecule has 2 aliphatic rings. The monoisotopic (exact) mass is 366 g/mol. The number of hydrogen-bond donors (Lipinski definition) is 1. The van der Waals surface area contributed by atoms with E-state index >= 15 is 0 Å². The first kappa shape index (κ1) is 19.4. The summed E-state index contributed by atoms with van der Waals surface area (Å²) in [4.78, 5) is 27.0. The van der Waals surface area contributed by atoms with Gasteiger partial charge in [-0.3, -0.25) is 9.59 Å². The molecule has 27 heavy (non-hydrogen) atoms. The van der Waals surface area contributed by atoms with Crippen molar-refractivity contribution < 1.29 is 9.59 Å². The lowest BCUT2D eigenvalue weighted by atomic mass is 9.84. The van der Waals surface area contributed by atoms with Crippen LogP contribution in [0.3, 0.4) is 0 Å². The molecule has 1 aromatic carbocycles. The minimum Gasteiger partial charge on any atom is -0.350 e. The van der Waals surface area contributed by atoms with Gasteiger partial charge in [0, 0.05) is 30.5 Å². The Morgan fingerprint density at radius 3 is 2.81 bits per heavy atom. The van der Waals surface area contributed by atoms with E-state index in [2.05, 4.69) is 43.1 Å². The van der Waals surface area contributed by atoms with Crippen molar-refractivity contribution in [2.45, 2.75) is 69.5 Å². The molecule has 1 fully saturated rings. The fraction of sp³-hybridized carbons (Fsp3) is 0.478. The maximum absolute atomic E-state index is 13.1. The van der Waals surface area contributed by atoms with E-state index in [-0.39, 0.29) is 29.4 Å². The molecule has 0 aromatic heterocycles. The molecule has 4 heteroatoms. The highest BCUT2D eigenvalue weighted by atomic mass is 16.2. The average Bonchev–Trinajstić information content (AvgIpc) is 3.02. The van der Waals surface area contributed by atoms with Crippen LogP contribution in [0.25, 0.3) is 0 Å². The van der Waals surface area contributed by atoms with Crippen LogP contribution in [0.2, 0.25) is 0 Å². The van der Waals surface area contributed by atoms with Crippen molar-refractivity contribution in [1.82, 2.24) is 10.2 Å². The van der Waals surface area contributed by atoms with Gasteiger partial charge < -0.3 is 10.2 Å². The Hall–Kier alpha value is -2.36. The zero-order chi connectivity index (χ0) is 19.3. The van der Waals surface area contributed by atoms with Crippen LogP contribution in [0.4, 0.5) is 0 Å². The van der Waals surface area contributed by atoms with Gasteiger partial charge in [0.1, 0.15) is 0 Å². The zero-order valence-corrected chi connectivity index (χ0v) is 16.2. The van der Waals surface area contributed by atoms with Crippen LogP contribution in [-0.2, 0) is 16.0 Å². The van der Waals surface area contributed by atoms with E-state index in [4.69, 9.17) is 0 Å². The number of rotatable bonds is 7. The van der Waals surface area contributed by atoms with E-state index in [1.807, 2.05) is 29.2 Å². The smallest absolute Gasteiger partial charge is 0.223 e. The number of amides is 2. The van der Waals surface area contributed by atoms with Crippen LogP contribution in [0.15, 0.2) is 55.1 Å². The molecule has 1 N–H and O–H groups in total. The highest BCUT2D eigenvalue weighted by molar-refractivity contribution is 5.80. The van der Waals surface area contributed by atoms with Gasteiger partial charge in [-0.25, -0.2) is 0 Å². The zero-order valence-electron chi connectivity index (χ0n) is 16.2. The quantitative estimate of drug-likeness (QED) is 0.747. The summed E-state index contributed by atoms with van der Waals surface area (Å²) in [5, 5.41) is 3.18. The van der Waals surface area contributed by atoms with Crippen molar-refractivity contribution in [2.75, 3.05) is 0 Å². The van der Waals surface area contributed by atoms with Crippen LogP contribution in [-0.4, -0.2) is 34.3 Å². The molecule has 144 valence electrons. The number of nitrogens with one attached hydrogen (secondary N) is 1. The highest BCUT2D eigenvalue weighted by Gasteiger charge is 2.39.